The number of methoxy groups -OCH3 is 1. The molecule has 2 amide bonds. The van der Waals surface area contributed by atoms with Gasteiger partial charge in [-0.15, -0.1) is 0 Å². The summed E-state index contributed by atoms with van der Waals surface area (Å²) in [6, 6.07) is 16.5. The number of aliphatic hydroxyl groups excluding tert-OH is 1. The van der Waals surface area contributed by atoms with Crippen LogP contribution in [0.15, 0.2) is 54.6 Å². The molecule has 0 aliphatic carbocycles. The van der Waals surface area contributed by atoms with E-state index in [4.69, 9.17) is 4.74 Å². The quantitative estimate of drug-likeness (QED) is 0.729. The Morgan fingerprint density at radius 1 is 1.17 bits per heavy atom. The van der Waals surface area contributed by atoms with Gasteiger partial charge in [0.25, 0.3) is 0 Å². The van der Waals surface area contributed by atoms with Crippen LogP contribution in [0, 0.1) is 0 Å². The number of rotatable bonds is 7. The summed E-state index contributed by atoms with van der Waals surface area (Å²) >= 11 is 0. The van der Waals surface area contributed by atoms with Gasteiger partial charge in [-0.1, -0.05) is 42.5 Å². The summed E-state index contributed by atoms with van der Waals surface area (Å²) in [5, 5.41) is 15.8. The summed E-state index contributed by atoms with van der Waals surface area (Å²) in [7, 11) is 1.63. The molecule has 2 aromatic carbocycles. The van der Waals surface area contributed by atoms with Crippen molar-refractivity contribution in [2.24, 2.45) is 0 Å². The first-order valence-electron chi connectivity index (χ1n) is 7.97. The molecule has 0 saturated heterocycles. The molecule has 2 rings (SSSR count). The molecule has 128 valence electrons. The van der Waals surface area contributed by atoms with Crippen LogP contribution >= 0.6 is 0 Å². The van der Waals surface area contributed by atoms with E-state index in [-0.39, 0.29) is 12.1 Å². The van der Waals surface area contributed by atoms with Crippen molar-refractivity contribution in [1.82, 2.24) is 5.32 Å². The maximum Gasteiger partial charge on any atom is 0.319 e. The first-order chi connectivity index (χ1) is 11.6. The smallest absolute Gasteiger partial charge is 0.319 e. The van der Waals surface area contributed by atoms with Crippen LogP contribution in [0.3, 0.4) is 0 Å². The van der Waals surface area contributed by atoms with Crippen molar-refractivity contribution < 1.29 is 14.6 Å². The third kappa shape index (κ3) is 5.68. The van der Waals surface area contributed by atoms with Crippen LogP contribution in [0.25, 0.3) is 0 Å². The monoisotopic (exact) mass is 328 g/mol. The van der Waals surface area contributed by atoms with Gasteiger partial charge in [0, 0.05) is 18.8 Å². The fraction of sp³-hybridized carbons (Fsp3) is 0.316. The van der Waals surface area contributed by atoms with E-state index in [1.807, 2.05) is 61.5 Å². The standard InChI is InChI=1S/C19H24N2O3/c1-14(11-18(22)16-8-4-3-5-9-16)20-19(23)21-17-10-6-7-15(12-17)13-24-2/h3-10,12,14,18,22H,11,13H2,1-2H3,(H2,20,21,23). The van der Waals surface area contributed by atoms with Crippen LogP contribution in [-0.4, -0.2) is 24.3 Å². The van der Waals surface area contributed by atoms with Crippen molar-refractivity contribution in [3.8, 4) is 0 Å². The lowest BCUT2D eigenvalue weighted by Gasteiger charge is -2.18. The zero-order chi connectivity index (χ0) is 17.4. The molecule has 0 radical (unpaired) electrons. The van der Waals surface area contributed by atoms with Crippen LogP contribution in [0.5, 0.6) is 0 Å². The summed E-state index contributed by atoms with van der Waals surface area (Å²) in [6.07, 6.45) is -0.159. The van der Waals surface area contributed by atoms with Crippen LogP contribution in [-0.2, 0) is 11.3 Å². The van der Waals surface area contributed by atoms with Crippen molar-refractivity contribution >= 4 is 11.7 Å². The molecule has 0 heterocycles. The largest absolute Gasteiger partial charge is 0.388 e. The second kappa shape index (κ2) is 9.05. The Kier molecular flexibility index (Phi) is 6.78. The zero-order valence-corrected chi connectivity index (χ0v) is 14.0. The number of carbonyl (C=O) groups is 1. The van der Waals surface area contributed by atoms with Gasteiger partial charge in [0.05, 0.1) is 12.7 Å². The predicted octanol–water partition coefficient (Wildman–Crippen LogP) is 3.47. The Hall–Kier alpha value is -2.37. The van der Waals surface area contributed by atoms with Crippen molar-refractivity contribution in [2.45, 2.75) is 32.1 Å². The first kappa shape index (κ1) is 18.0. The molecule has 0 bridgehead atoms. The summed E-state index contributed by atoms with van der Waals surface area (Å²) in [5.74, 6) is 0. The normalized spacial score (nSPS) is 13.1. The van der Waals surface area contributed by atoms with E-state index in [0.717, 1.165) is 11.1 Å². The molecular weight excluding hydrogens is 304 g/mol. The Bertz CT molecular complexity index is 646. The fourth-order valence-corrected chi connectivity index (χ4v) is 2.50. The third-order valence-corrected chi connectivity index (χ3v) is 3.63. The average molecular weight is 328 g/mol. The van der Waals surface area contributed by atoms with E-state index in [0.29, 0.717) is 18.7 Å². The number of carbonyl (C=O) groups excluding carboxylic acids is 1. The van der Waals surface area contributed by atoms with Crippen LogP contribution in [0.2, 0.25) is 0 Å². The van der Waals surface area contributed by atoms with Gasteiger partial charge in [0.15, 0.2) is 0 Å². The minimum Gasteiger partial charge on any atom is -0.388 e. The van der Waals surface area contributed by atoms with Gasteiger partial charge < -0.3 is 20.5 Å². The molecule has 0 aliphatic rings. The van der Waals surface area contributed by atoms with E-state index in [2.05, 4.69) is 10.6 Å². The summed E-state index contributed by atoms with van der Waals surface area (Å²) in [6.45, 7) is 2.36. The van der Waals surface area contributed by atoms with Gasteiger partial charge in [-0.2, -0.15) is 0 Å². The topological polar surface area (TPSA) is 70.6 Å². The van der Waals surface area contributed by atoms with Crippen LogP contribution in [0.4, 0.5) is 10.5 Å². The lowest BCUT2D eigenvalue weighted by Crippen LogP contribution is -2.37. The first-order valence-corrected chi connectivity index (χ1v) is 7.97. The van der Waals surface area contributed by atoms with Crippen LogP contribution in [0.1, 0.15) is 30.6 Å². The highest BCUT2D eigenvalue weighted by Crippen LogP contribution is 2.18. The van der Waals surface area contributed by atoms with Gasteiger partial charge in [-0.25, -0.2) is 4.79 Å². The van der Waals surface area contributed by atoms with Crippen molar-refractivity contribution in [3.63, 3.8) is 0 Å². The van der Waals surface area contributed by atoms with Crippen molar-refractivity contribution in [2.75, 3.05) is 12.4 Å². The number of urea groups is 1. The number of benzene rings is 2. The molecule has 3 N–H and O–H groups in total. The SMILES string of the molecule is COCc1cccc(NC(=O)NC(C)CC(O)c2ccccc2)c1. The minimum absolute atomic E-state index is 0.164. The lowest BCUT2D eigenvalue weighted by atomic mass is 10.0. The summed E-state index contributed by atoms with van der Waals surface area (Å²) in [4.78, 5) is 12.1. The molecule has 0 saturated carbocycles. The lowest BCUT2D eigenvalue weighted by molar-refractivity contribution is 0.155. The Labute approximate surface area is 142 Å². The molecule has 2 aromatic rings. The van der Waals surface area contributed by atoms with Gasteiger partial charge in [-0.05, 0) is 36.6 Å². The van der Waals surface area contributed by atoms with E-state index < -0.39 is 6.10 Å². The number of hydrogen-bond acceptors (Lipinski definition) is 3. The number of anilines is 1. The second-order valence-corrected chi connectivity index (χ2v) is 5.80. The van der Waals surface area contributed by atoms with Gasteiger partial charge in [0.1, 0.15) is 0 Å². The maximum absolute atomic E-state index is 12.1. The van der Waals surface area contributed by atoms with Gasteiger partial charge in [-0.3, -0.25) is 0 Å². The molecule has 2 atom stereocenters. The van der Waals surface area contributed by atoms with E-state index in [1.165, 1.54) is 0 Å². The highest BCUT2D eigenvalue weighted by Gasteiger charge is 2.14. The highest BCUT2D eigenvalue weighted by atomic mass is 16.5. The molecule has 0 aliphatic heterocycles. The van der Waals surface area contributed by atoms with Crippen LogP contribution < -0.4 is 10.6 Å². The predicted molar refractivity (Wildman–Crippen MR) is 94.8 cm³/mol. The molecule has 0 fully saturated rings. The van der Waals surface area contributed by atoms with E-state index in [9.17, 15) is 9.90 Å². The average Bonchev–Trinajstić information content (AvgIpc) is 2.56. The Morgan fingerprint density at radius 2 is 1.92 bits per heavy atom. The zero-order valence-electron chi connectivity index (χ0n) is 14.0. The van der Waals surface area contributed by atoms with E-state index >= 15 is 0 Å². The number of ether oxygens (including phenoxy) is 1. The molecule has 5 nitrogen and oxygen atoms in total. The number of hydrogen-bond donors (Lipinski definition) is 3. The third-order valence-electron chi connectivity index (χ3n) is 3.63. The summed E-state index contributed by atoms with van der Waals surface area (Å²) < 4.78 is 5.08. The van der Waals surface area contributed by atoms with Crippen molar-refractivity contribution in [1.29, 1.82) is 0 Å². The number of amides is 2. The number of nitrogens with one attached hydrogen (secondary N) is 2. The maximum atomic E-state index is 12.1. The van der Waals surface area contributed by atoms with Gasteiger partial charge in [0.2, 0.25) is 0 Å². The Morgan fingerprint density at radius 3 is 2.62 bits per heavy atom. The molecule has 0 aromatic heterocycles. The Balaban J connectivity index is 1.84. The van der Waals surface area contributed by atoms with Crippen molar-refractivity contribution in [3.05, 3.63) is 65.7 Å². The highest BCUT2D eigenvalue weighted by molar-refractivity contribution is 5.89. The molecule has 0 spiro atoms. The summed E-state index contributed by atoms with van der Waals surface area (Å²) in [5.41, 5.74) is 2.54. The fourth-order valence-electron chi connectivity index (χ4n) is 2.50. The van der Waals surface area contributed by atoms with Gasteiger partial charge >= 0.3 is 6.03 Å². The molecular formula is C19H24N2O3. The molecule has 24 heavy (non-hydrogen) atoms. The van der Waals surface area contributed by atoms with E-state index in [1.54, 1.807) is 7.11 Å². The molecule has 5 heteroatoms. The molecule has 2 unspecified atom stereocenters. The number of aliphatic hydroxyl groups is 1. The minimum atomic E-state index is -0.605. The second-order valence-electron chi connectivity index (χ2n) is 5.80.